The fourth-order valence-corrected chi connectivity index (χ4v) is 2.57. The molecule has 0 aromatic carbocycles. The highest BCUT2D eigenvalue weighted by atomic mass is 15.2. The lowest BCUT2D eigenvalue weighted by molar-refractivity contribution is 0.327. The van der Waals surface area contributed by atoms with E-state index in [0.717, 1.165) is 37.6 Å². The second-order valence-corrected chi connectivity index (χ2v) is 5.72. The van der Waals surface area contributed by atoms with Gasteiger partial charge in [0.25, 0.3) is 0 Å². The molecule has 1 atom stereocenters. The molecule has 1 fully saturated rings. The molecule has 0 saturated carbocycles. The first kappa shape index (κ1) is 14.6. The van der Waals surface area contributed by atoms with Gasteiger partial charge in [0.15, 0.2) is 0 Å². The summed E-state index contributed by atoms with van der Waals surface area (Å²) in [6.45, 7) is 2.91. The Morgan fingerprint density at radius 3 is 2.59 bits per heavy atom. The van der Waals surface area contributed by atoms with E-state index in [1.807, 2.05) is 37.5 Å². The van der Waals surface area contributed by atoms with Crippen LogP contribution in [0.1, 0.15) is 12.0 Å². The Balaban J connectivity index is 1.52. The van der Waals surface area contributed by atoms with Crippen LogP contribution in [0.5, 0.6) is 0 Å². The van der Waals surface area contributed by atoms with E-state index >= 15 is 0 Å². The zero-order valence-corrected chi connectivity index (χ0v) is 13.0. The van der Waals surface area contributed by atoms with Crippen LogP contribution in [0.4, 0.5) is 11.9 Å². The normalized spacial score (nSPS) is 18.4. The highest BCUT2D eigenvalue weighted by molar-refractivity contribution is 5.27. The molecule has 1 aliphatic heterocycles. The van der Waals surface area contributed by atoms with E-state index in [1.54, 1.807) is 12.4 Å². The molecule has 7 heteroatoms. The zero-order valence-electron chi connectivity index (χ0n) is 13.0. The fraction of sp³-hybridized carbons (Fsp3) is 0.467. The maximum absolute atomic E-state index is 4.36. The van der Waals surface area contributed by atoms with Crippen molar-refractivity contribution >= 4 is 11.9 Å². The number of nitrogens with zero attached hydrogens (tertiary/aromatic N) is 6. The van der Waals surface area contributed by atoms with Crippen LogP contribution >= 0.6 is 0 Å². The third-order valence-electron chi connectivity index (χ3n) is 3.67. The first-order valence-electron chi connectivity index (χ1n) is 7.45. The Kier molecular flexibility index (Phi) is 4.43. The predicted molar refractivity (Wildman–Crippen MR) is 85.7 cm³/mol. The van der Waals surface area contributed by atoms with Crippen LogP contribution < -0.4 is 10.2 Å². The summed E-state index contributed by atoms with van der Waals surface area (Å²) >= 11 is 0. The number of hydrogen-bond acceptors (Lipinski definition) is 7. The molecule has 7 nitrogen and oxygen atoms in total. The van der Waals surface area contributed by atoms with Gasteiger partial charge >= 0.3 is 0 Å². The number of hydrogen-bond donors (Lipinski definition) is 1. The first-order chi connectivity index (χ1) is 10.7. The zero-order chi connectivity index (χ0) is 15.4. The van der Waals surface area contributed by atoms with Crippen molar-refractivity contribution in [1.82, 2.24) is 24.8 Å². The van der Waals surface area contributed by atoms with Crippen molar-refractivity contribution < 1.29 is 0 Å². The minimum absolute atomic E-state index is 0.393. The molecule has 1 saturated heterocycles. The highest BCUT2D eigenvalue weighted by Crippen LogP contribution is 2.16. The highest BCUT2D eigenvalue weighted by Gasteiger charge is 2.23. The van der Waals surface area contributed by atoms with E-state index in [-0.39, 0.29) is 0 Å². The minimum Gasteiger partial charge on any atom is -0.350 e. The molecular formula is C15H21N7. The monoisotopic (exact) mass is 299 g/mol. The molecule has 0 amide bonds. The van der Waals surface area contributed by atoms with Crippen molar-refractivity contribution in [2.75, 3.05) is 37.4 Å². The van der Waals surface area contributed by atoms with Gasteiger partial charge in [-0.05, 0) is 12.5 Å². The molecule has 1 aliphatic rings. The molecule has 0 aliphatic carbocycles. The maximum atomic E-state index is 4.36. The Bertz CT molecular complexity index is 585. The number of aromatic nitrogens is 4. The smallest absolute Gasteiger partial charge is 0.224 e. The summed E-state index contributed by atoms with van der Waals surface area (Å²) in [5, 5.41) is 3.38. The van der Waals surface area contributed by atoms with E-state index in [2.05, 4.69) is 30.2 Å². The van der Waals surface area contributed by atoms with Crippen LogP contribution in [0.25, 0.3) is 0 Å². The first-order valence-corrected chi connectivity index (χ1v) is 7.45. The van der Waals surface area contributed by atoms with Crippen molar-refractivity contribution in [3.05, 3.63) is 36.4 Å². The standard InChI is InChI=1S/C15H21N7/c1-21(2)15-18-8-12(9-19-15)10-22-7-4-13(11-22)20-14-16-5-3-6-17-14/h3,5-6,8-9,13H,4,7,10-11H2,1-2H3,(H,16,17,20). The van der Waals surface area contributed by atoms with Crippen LogP contribution in [0.15, 0.2) is 30.9 Å². The molecule has 0 spiro atoms. The lowest BCUT2D eigenvalue weighted by Gasteiger charge is -2.17. The van der Waals surface area contributed by atoms with Gasteiger partial charge in [-0.3, -0.25) is 4.90 Å². The fourth-order valence-electron chi connectivity index (χ4n) is 2.57. The molecule has 2 aromatic rings. The summed E-state index contributed by atoms with van der Waals surface area (Å²) in [6, 6.07) is 2.22. The topological polar surface area (TPSA) is 70.1 Å². The molecule has 0 bridgehead atoms. The molecule has 3 heterocycles. The van der Waals surface area contributed by atoms with E-state index in [9.17, 15) is 0 Å². The average molecular weight is 299 g/mol. The average Bonchev–Trinajstić information content (AvgIpc) is 2.96. The van der Waals surface area contributed by atoms with Crippen molar-refractivity contribution in [2.24, 2.45) is 0 Å². The molecule has 22 heavy (non-hydrogen) atoms. The molecule has 116 valence electrons. The number of likely N-dealkylation sites (tertiary alicyclic amines) is 1. The summed E-state index contributed by atoms with van der Waals surface area (Å²) in [6.07, 6.45) is 8.42. The van der Waals surface area contributed by atoms with Gasteiger partial charge in [-0.1, -0.05) is 0 Å². The van der Waals surface area contributed by atoms with Gasteiger partial charge in [-0.15, -0.1) is 0 Å². The van der Waals surface area contributed by atoms with Gasteiger partial charge < -0.3 is 10.2 Å². The van der Waals surface area contributed by atoms with E-state index in [0.29, 0.717) is 12.0 Å². The largest absolute Gasteiger partial charge is 0.350 e. The number of rotatable bonds is 5. The van der Waals surface area contributed by atoms with Gasteiger partial charge in [0.05, 0.1) is 0 Å². The Morgan fingerprint density at radius 1 is 1.18 bits per heavy atom. The third-order valence-corrected chi connectivity index (χ3v) is 3.67. The lowest BCUT2D eigenvalue weighted by atomic mass is 10.3. The van der Waals surface area contributed by atoms with Crippen LogP contribution in [-0.2, 0) is 6.54 Å². The summed E-state index contributed by atoms with van der Waals surface area (Å²) in [5.74, 6) is 1.44. The molecule has 2 aromatic heterocycles. The van der Waals surface area contributed by atoms with E-state index in [4.69, 9.17) is 0 Å². The van der Waals surface area contributed by atoms with Crippen LogP contribution in [-0.4, -0.2) is 58.1 Å². The van der Waals surface area contributed by atoms with Gasteiger partial charge in [0.2, 0.25) is 11.9 Å². The minimum atomic E-state index is 0.393. The van der Waals surface area contributed by atoms with Gasteiger partial charge in [-0.25, -0.2) is 19.9 Å². The Labute approximate surface area is 130 Å². The van der Waals surface area contributed by atoms with Gasteiger partial charge in [-0.2, -0.15) is 0 Å². The quantitative estimate of drug-likeness (QED) is 0.884. The summed E-state index contributed by atoms with van der Waals surface area (Å²) < 4.78 is 0. The van der Waals surface area contributed by atoms with Crippen molar-refractivity contribution in [2.45, 2.75) is 19.0 Å². The third kappa shape index (κ3) is 3.67. The molecule has 0 radical (unpaired) electrons. The predicted octanol–water partition coefficient (Wildman–Crippen LogP) is 1.02. The van der Waals surface area contributed by atoms with Crippen molar-refractivity contribution in [1.29, 1.82) is 0 Å². The van der Waals surface area contributed by atoms with E-state index < -0.39 is 0 Å². The van der Waals surface area contributed by atoms with Crippen LogP contribution in [0.2, 0.25) is 0 Å². The molecule has 1 unspecified atom stereocenters. The number of nitrogens with one attached hydrogen (secondary N) is 1. The van der Waals surface area contributed by atoms with Gasteiger partial charge in [0, 0.05) is 70.1 Å². The summed E-state index contributed by atoms with van der Waals surface area (Å²) in [5.41, 5.74) is 1.14. The van der Waals surface area contributed by atoms with E-state index in [1.165, 1.54) is 0 Å². The Morgan fingerprint density at radius 2 is 1.91 bits per heavy atom. The summed E-state index contributed by atoms with van der Waals surface area (Å²) in [7, 11) is 3.88. The maximum Gasteiger partial charge on any atom is 0.224 e. The second-order valence-electron chi connectivity index (χ2n) is 5.72. The Hall–Kier alpha value is -2.28. The molecular weight excluding hydrogens is 278 g/mol. The SMILES string of the molecule is CN(C)c1ncc(CN2CCC(Nc3ncccn3)C2)cn1. The van der Waals surface area contributed by atoms with Crippen molar-refractivity contribution in [3.8, 4) is 0 Å². The molecule has 1 N–H and O–H groups in total. The number of anilines is 2. The second kappa shape index (κ2) is 6.65. The van der Waals surface area contributed by atoms with Gasteiger partial charge in [0.1, 0.15) is 0 Å². The molecule has 3 rings (SSSR count). The summed E-state index contributed by atoms with van der Waals surface area (Å²) in [4.78, 5) is 21.4. The van der Waals surface area contributed by atoms with Crippen molar-refractivity contribution in [3.63, 3.8) is 0 Å². The van der Waals surface area contributed by atoms with Crippen LogP contribution in [0, 0.1) is 0 Å². The lowest BCUT2D eigenvalue weighted by Crippen LogP contribution is -2.26. The van der Waals surface area contributed by atoms with Crippen LogP contribution in [0.3, 0.4) is 0 Å².